The highest BCUT2D eigenvalue weighted by atomic mass is 16.5. The quantitative estimate of drug-likeness (QED) is 0.669. The molecule has 28 heavy (non-hydrogen) atoms. The highest BCUT2D eigenvalue weighted by Gasteiger charge is 2.28. The Kier molecular flexibility index (Phi) is 5.26. The lowest BCUT2D eigenvalue weighted by Crippen LogP contribution is -2.18. The molecule has 1 amide bonds. The van der Waals surface area contributed by atoms with Gasteiger partial charge in [0.15, 0.2) is 0 Å². The van der Waals surface area contributed by atoms with Crippen molar-refractivity contribution < 1.29 is 19.4 Å². The van der Waals surface area contributed by atoms with Gasteiger partial charge in [-0.2, -0.15) is 0 Å². The summed E-state index contributed by atoms with van der Waals surface area (Å²) < 4.78 is 10.9. The molecule has 142 valence electrons. The third-order valence-electron chi connectivity index (χ3n) is 4.78. The van der Waals surface area contributed by atoms with Gasteiger partial charge in [0, 0.05) is 17.7 Å². The first-order valence-corrected chi connectivity index (χ1v) is 9.22. The maximum absolute atomic E-state index is 12.3. The minimum atomic E-state index is -0.513. The molecule has 0 aromatic heterocycles. The molecule has 5 heteroatoms. The van der Waals surface area contributed by atoms with Gasteiger partial charge in [-0.25, -0.2) is 4.79 Å². The fourth-order valence-electron chi connectivity index (χ4n) is 3.58. The Balaban J connectivity index is 1.43. The maximum atomic E-state index is 12.3. The van der Waals surface area contributed by atoms with Crippen molar-refractivity contribution in [3.63, 3.8) is 0 Å². The van der Waals surface area contributed by atoms with E-state index in [0.29, 0.717) is 11.4 Å². The second-order valence-corrected chi connectivity index (χ2v) is 6.55. The molecule has 5 nitrogen and oxygen atoms in total. The first kappa shape index (κ1) is 18.1. The summed E-state index contributed by atoms with van der Waals surface area (Å²) in [5.41, 5.74) is 5.32. The van der Waals surface area contributed by atoms with Crippen LogP contribution in [0.5, 0.6) is 5.75 Å². The Morgan fingerprint density at radius 3 is 2.29 bits per heavy atom. The third-order valence-corrected chi connectivity index (χ3v) is 4.78. The van der Waals surface area contributed by atoms with Crippen LogP contribution in [0, 0.1) is 0 Å². The smallest absolute Gasteiger partial charge is 0.411 e. The van der Waals surface area contributed by atoms with Gasteiger partial charge in [0.25, 0.3) is 0 Å². The van der Waals surface area contributed by atoms with E-state index in [2.05, 4.69) is 29.6 Å². The van der Waals surface area contributed by atoms with Gasteiger partial charge >= 0.3 is 6.09 Å². The van der Waals surface area contributed by atoms with Gasteiger partial charge in [0.1, 0.15) is 19.0 Å². The number of amides is 1. The van der Waals surface area contributed by atoms with E-state index < -0.39 is 6.09 Å². The van der Waals surface area contributed by atoms with Crippen LogP contribution in [0.3, 0.4) is 0 Å². The third kappa shape index (κ3) is 3.70. The van der Waals surface area contributed by atoms with E-state index in [-0.39, 0.29) is 25.7 Å². The van der Waals surface area contributed by atoms with Crippen molar-refractivity contribution in [2.75, 3.05) is 25.1 Å². The van der Waals surface area contributed by atoms with Crippen LogP contribution in [0.1, 0.15) is 17.0 Å². The number of nitrogens with one attached hydrogen (secondary N) is 1. The Morgan fingerprint density at radius 1 is 0.929 bits per heavy atom. The summed E-state index contributed by atoms with van der Waals surface area (Å²) in [5.74, 6) is 0.600. The Morgan fingerprint density at radius 2 is 1.61 bits per heavy atom. The number of anilines is 1. The van der Waals surface area contributed by atoms with E-state index in [0.717, 1.165) is 0 Å². The van der Waals surface area contributed by atoms with Crippen molar-refractivity contribution in [2.45, 2.75) is 5.92 Å². The molecule has 0 fully saturated rings. The van der Waals surface area contributed by atoms with E-state index in [1.807, 2.05) is 24.3 Å². The molecule has 0 unspecified atom stereocenters. The first-order chi connectivity index (χ1) is 13.8. The van der Waals surface area contributed by atoms with Crippen LogP contribution < -0.4 is 10.1 Å². The zero-order chi connectivity index (χ0) is 19.3. The van der Waals surface area contributed by atoms with E-state index in [4.69, 9.17) is 14.6 Å². The molecular formula is C23H21NO4. The standard InChI is InChI=1S/C23H21NO4/c25-12-13-27-17-7-5-6-16(14-17)24-23(26)28-15-22-20-10-3-1-8-18(20)19-9-2-4-11-21(19)22/h1-11,14,22,25H,12-13,15H2,(H,24,26). The molecule has 0 atom stereocenters. The summed E-state index contributed by atoms with van der Waals surface area (Å²) in [6, 6.07) is 23.4. The number of carbonyl (C=O) groups is 1. The number of carbonyl (C=O) groups excluding carboxylic acids is 1. The predicted molar refractivity (Wildman–Crippen MR) is 108 cm³/mol. The second-order valence-electron chi connectivity index (χ2n) is 6.55. The molecule has 3 aromatic rings. The van der Waals surface area contributed by atoms with E-state index in [1.165, 1.54) is 22.3 Å². The van der Waals surface area contributed by atoms with Gasteiger partial charge in [-0.1, -0.05) is 54.6 Å². The predicted octanol–water partition coefficient (Wildman–Crippen LogP) is 4.42. The lowest BCUT2D eigenvalue weighted by Gasteiger charge is -2.15. The van der Waals surface area contributed by atoms with Gasteiger partial charge in [-0.05, 0) is 34.4 Å². The average molecular weight is 375 g/mol. The van der Waals surface area contributed by atoms with E-state index >= 15 is 0 Å². The fraction of sp³-hybridized carbons (Fsp3) is 0.174. The lowest BCUT2D eigenvalue weighted by atomic mass is 9.98. The molecule has 4 rings (SSSR count). The molecule has 3 aromatic carbocycles. The molecule has 0 saturated heterocycles. The highest BCUT2D eigenvalue weighted by molar-refractivity contribution is 5.85. The number of aliphatic hydroxyl groups is 1. The zero-order valence-electron chi connectivity index (χ0n) is 15.3. The van der Waals surface area contributed by atoms with Crippen molar-refractivity contribution in [1.29, 1.82) is 0 Å². The largest absolute Gasteiger partial charge is 0.491 e. The first-order valence-electron chi connectivity index (χ1n) is 9.22. The summed E-state index contributed by atoms with van der Waals surface area (Å²) >= 11 is 0. The summed E-state index contributed by atoms with van der Waals surface area (Å²) in [6.45, 7) is 0.402. The monoisotopic (exact) mass is 375 g/mol. The second kappa shape index (κ2) is 8.15. The number of benzene rings is 3. The van der Waals surface area contributed by atoms with Gasteiger partial charge in [-0.3, -0.25) is 5.32 Å². The van der Waals surface area contributed by atoms with Gasteiger partial charge in [-0.15, -0.1) is 0 Å². The van der Waals surface area contributed by atoms with Gasteiger partial charge < -0.3 is 14.6 Å². The molecule has 0 spiro atoms. The summed E-state index contributed by atoms with van der Waals surface area (Å²) in [7, 11) is 0. The molecule has 0 radical (unpaired) electrons. The van der Waals surface area contributed by atoms with Crippen LogP contribution in [0.2, 0.25) is 0 Å². The van der Waals surface area contributed by atoms with Crippen molar-refractivity contribution in [2.24, 2.45) is 0 Å². The summed E-state index contributed by atoms with van der Waals surface area (Å²) in [6.07, 6.45) is -0.513. The summed E-state index contributed by atoms with van der Waals surface area (Å²) in [5, 5.41) is 11.6. The lowest BCUT2D eigenvalue weighted by molar-refractivity contribution is 0.158. The topological polar surface area (TPSA) is 67.8 Å². The molecule has 1 aliphatic rings. The Hall–Kier alpha value is -3.31. The van der Waals surface area contributed by atoms with Crippen molar-refractivity contribution in [3.05, 3.63) is 83.9 Å². The maximum Gasteiger partial charge on any atom is 0.411 e. The number of hydrogen-bond donors (Lipinski definition) is 2. The molecule has 0 bridgehead atoms. The fourth-order valence-corrected chi connectivity index (χ4v) is 3.58. The van der Waals surface area contributed by atoms with Crippen LogP contribution in [0.25, 0.3) is 11.1 Å². The normalized spacial score (nSPS) is 12.2. The highest BCUT2D eigenvalue weighted by Crippen LogP contribution is 2.44. The number of hydrogen-bond acceptors (Lipinski definition) is 4. The molecule has 1 aliphatic carbocycles. The zero-order valence-corrected chi connectivity index (χ0v) is 15.3. The average Bonchev–Trinajstić information content (AvgIpc) is 3.05. The molecular weight excluding hydrogens is 354 g/mol. The van der Waals surface area contributed by atoms with Crippen LogP contribution in [0.15, 0.2) is 72.8 Å². The molecule has 0 aliphatic heterocycles. The molecule has 2 N–H and O–H groups in total. The number of ether oxygens (including phenoxy) is 2. The van der Waals surface area contributed by atoms with Gasteiger partial charge in [0.05, 0.1) is 6.61 Å². The van der Waals surface area contributed by atoms with Crippen LogP contribution in [-0.4, -0.2) is 31.0 Å². The van der Waals surface area contributed by atoms with Crippen LogP contribution >= 0.6 is 0 Å². The summed E-state index contributed by atoms with van der Waals surface area (Å²) in [4.78, 5) is 12.3. The Bertz CT molecular complexity index is 940. The van der Waals surface area contributed by atoms with Crippen LogP contribution in [0.4, 0.5) is 10.5 Å². The van der Waals surface area contributed by atoms with Gasteiger partial charge in [0.2, 0.25) is 0 Å². The van der Waals surface area contributed by atoms with Crippen LogP contribution in [-0.2, 0) is 4.74 Å². The number of rotatable bonds is 6. The van der Waals surface area contributed by atoms with Crippen molar-refractivity contribution >= 4 is 11.8 Å². The van der Waals surface area contributed by atoms with Crippen molar-refractivity contribution in [3.8, 4) is 16.9 Å². The SMILES string of the molecule is O=C(Nc1cccc(OCCO)c1)OCC1c2ccccc2-c2ccccc21. The van der Waals surface area contributed by atoms with E-state index in [1.54, 1.807) is 24.3 Å². The Labute approximate surface area is 163 Å². The molecule has 0 saturated carbocycles. The van der Waals surface area contributed by atoms with Crippen molar-refractivity contribution in [1.82, 2.24) is 0 Å². The number of fused-ring (bicyclic) bond motifs is 3. The minimum Gasteiger partial charge on any atom is -0.491 e. The molecule has 0 heterocycles. The minimum absolute atomic E-state index is 0.0253. The van der Waals surface area contributed by atoms with E-state index in [9.17, 15) is 4.79 Å². The number of aliphatic hydroxyl groups excluding tert-OH is 1.